The van der Waals surface area contributed by atoms with Gasteiger partial charge in [0.1, 0.15) is 5.58 Å². The van der Waals surface area contributed by atoms with Crippen molar-refractivity contribution in [2.45, 2.75) is 19.9 Å². The molecule has 0 saturated carbocycles. The lowest BCUT2D eigenvalue weighted by atomic mass is 9.95. The highest BCUT2D eigenvalue weighted by Crippen LogP contribution is 2.39. The molecule has 1 aliphatic heterocycles. The van der Waals surface area contributed by atoms with Crippen LogP contribution in [0.25, 0.3) is 11.0 Å². The molecule has 1 N–H and O–H groups in total. The molecule has 0 spiro atoms. The van der Waals surface area contributed by atoms with Crippen LogP contribution in [-0.2, 0) is 4.79 Å². The second kappa shape index (κ2) is 9.14. The van der Waals surface area contributed by atoms with Crippen LogP contribution in [0.1, 0.15) is 36.0 Å². The molecule has 1 aromatic carbocycles. The van der Waals surface area contributed by atoms with Gasteiger partial charge in [0.25, 0.3) is 5.91 Å². The Morgan fingerprint density at radius 2 is 1.91 bits per heavy atom. The van der Waals surface area contributed by atoms with E-state index >= 15 is 0 Å². The van der Waals surface area contributed by atoms with Gasteiger partial charge in [0.15, 0.2) is 11.5 Å². The van der Waals surface area contributed by atoms with E-state index in [0.717, 1.165) is 13.1 Å². The smallest absolute Gasteiger partial charge is 0.290 e. The maximum absolute atomic E-state index is 13.5. The summed E-state index contributed by atoms with van der Waals surface area (Å²) in [5, 5.41) is 12.0. The fourth-order valence-electron chi connectivity index (χ4n) is 4.06. The minimum atomic E-state index is -0.731. The monoisotopic (exact) mass is 453 g/mol. The van der Waals surface area contributed by atoms with Gasteiger partial charge in [-0.1, -0.05) is 25.4 Å². The molecule has 4 rings (SSSR count). The van der Waals surface area contributed by atoms with Gasteiger partial charge in [-0.15, -0.1) is 0 Å². The first-order chi connectivity index (χ1) is 15.4. The van der Waals surface area contributed by atoms with Gasteiger partial charge in [-0.25, -0.2) is 0 Å². The normalized spacial score (nSPS) is 16.6. The first-order valence-electron chi connectivity index (χ1n) is 10.5. The summed E-state index contributed by atoms with van der Waals surface area (Å²) in [6.07, 6.45) is 3.20. The van der Waals surface area contributed by atoms with E-state index in [9.17, 15) is 14.7 Å². The standard InChI is InChI=1S/C24H24ClN3O4/c1-3-27(4-2)11-12-28-21(15-7-9-26-10-8-15)20(23(30)24(28)31)22(29)19-14-16-13-17(25)5-6-18(16)32-19/h5-10,13-14,21,30H,3-4,11-12H2,1-2H3. The van der Waals surface area contributed by atoms with E-state index in [1.165, 1.54) is 4.90 Å². The minimum absolute atomic E-state index is 0.00546. The highest BCUT2D eigenvalue weighted by Gasteiger charge is 2.44. The largest absolute Gasteiger partial charge is 0.503 e. The Bertz CT molecular complexity index is 1180. The van der Waals surface area contributed by atoms with Gasteiger partial charge in [-0.3, -0.25) is 14.6 Å². The van der Waals surface area contributed by atoms with Crippen LogP contribution in [0.5, 0.6) is 0 Å². The second-order valence-corrected chi connectivity index (χ2v) is 8.03. The third kappa shape index (κ3) is 4.01. The van der Waals surface area contributed by atoms with Gasteiger partial charge in [0.2, 0.25) is 5.78 Å². The van der Waals surface area contributed by atoms with Crippen LogP contribution >= 0.6 is 11.6 Å². The summed E-state index contributed by atoms with van der Waals surface area (Å²) in [4.78, 5) is 34.3. The summed E-state index contributed by atoms with van der Waals surface area (Å²) < 4.78 is 5.73. The molecule has 0 aliphatic carbocycles. The summed E-state index contributed by atoms with van der Waals surface area (Å²) in [5.74, 6) is -1.60. The Hall–Kier alpha value is -3.16. The molecule has 3 aromatic rings. The molecule has 166 valence electrons. The molecule has 8 heteroatoms. The van der Waals surface area contributed by atoms with Crippen molar-refractivity contribution in [3.8, 4) is 0 Å². The van der Waals surface area contributed by atoms with Gasteiger partial charge < -0.3 is 19.3 Å². The van der Waals surface area contributed by atoms with Crippen molar-refractivity contribution in [3.05, 3.63) is 76.5 Å². The van der Waals surface area contributed by atoms with E-state index in [4.69, 9.17) is 16.0 Å². The number of carbonyl (C=O) groups is 2. The number of aliphatic hydroxyl groups excluding tert-OH is 1. The van der Waals surface area contributed by atoms with E-state index in [-0.39, 0.29) is 11.3 Å². The van der Waals surface area contributed by atoms with Crippen LogP contribution in [0, 0.1) is 0 Å². The summed E-state index contributed by atoms with van der Waals surface area (Å²) in [5.41, 5.74) is 1.20. The number of rotatable bonds is 8. The molecule has 0 saturated heterocycles. The molecule has 0 radical (unpaired) electrons. The SMILES string of the molecule is CCN(CC)CCN1C(=O)C(O)=C(C(=O)c2cc3cc(Cl)ccc3o2)C1c1ccncc1. The number of fused-ring (bicyclic) bond motifs is 1. The minimum Gasteiger partial charge on any atom is -0.503 e. The lowest BCUT2D eigenvalue weighted by Gasteiger charge is -2.29. The lowest BCUT2D eigenvalue weighted by molar-refractivity contribution is -0.129. The predicted molar refractivity (Wildman–Crippen MR) is 122 cm³/mol. The summed E-state index contributed by atoms with van der Waals surface area (Å²) in [7, 11) is 0. The van der Waals surface area contributed by atoms with E-state index in [2.05, 4.69) is 9.88 Å². The molecule has 1 amide bonds. The first kappa shape index (κ1) is 22.0. The Labute approximate surface area is 190 Å². The molecule has 0 bridgehead atoms. The highest BCUT2D eigenvalue weighted by atomic mass is 35.5. The van der Waals surface area contributed by atoms with E-state index in [1.807, 2.05) is 13.8 Å². The van der Waals surface area contributed by atoms with E-state index < -0.39 is 23.5 Å². The number of likely N-dealkylation sites (N-methyl/N-ethyl adjacent to an activating group) is 1. The number of benzene rings is 1. The fraction of sp³-hybridized carbons (Fsp3) is 0.292. The molecule has 1 unspecified atom stereocenters. The highest BCUT2D eigenvalue weighted by molar-refractivity contribution is 6.31. The number of carbonyl (C=O) groups excluding carboxylic acids is 2. The Morgan fingerprint density at radius 3 is 2.59 bits per heavy atom. The topological polar surface area (TPSA) is 86.9 Å². The number of nitrogens with zero attached hydrogens (tertiary/aromatic N) is 3. The average molecular weight is 454 g/mol. The number of pyridine rings is 1. The molecule has 1 atom stereocenters. The van der Waals surface area contributed by atoms with Crippen LogP contribution in [-0.4, -0.2) is 57.8 Å². The van der Waals surface area contributed by atoms with Crippen LogP contribution in [0.4, 0.5) is 0 Å². The molecule has 3 heterocycles. The Morgan fingerprint density at radius 1 is 1.19 bits per heavy atom. The van der Waals surface area contributed by atoms with Crippen LogP contribution in [0.3, 0.4) is 0 Å². The quantitative estimate of drug-likeness (QED) is 0.508. The van der Waals surface area contributed by atoms with E-state index in [1.54, 1.807) is 48.8 Å². The Balaban J connectivity index is 1.73. The number of furan rings is 1. The molecule has 1 aliphatic rings. The number of hydrogen-bond donors (Lipinski definition) is 1. The zero-order valence-electron chi connectivity index (χ0n) is 17.9. The van der Waals surface area contributed by atoms with Crippen molar-refractivity contribution >= 4 is 34.3 Å². The van der Waals surface area contributed by atoms with Crippen molar-refractivity contribution in [3.63, 3.8) is 0 Å². The summed E-state index contributed by atoms with van der Waals surface area (Å²) >= 11 is 6.05. The Kier molecular flexibility index (Phi) is 6.30. The number of ketones is 1. The molecule has 7 nitrogen and oxygen atoms in total. The molecular formula is C24H24ClN3O4. The zero-order chi connectivity index (χ0) is 22.8. The van der Waals surface area contributed by atoms with Gasteiger partial charge in [0, 0.05) is 35.9 Å². The van der Waals surface area contributed by atoms with Gasteiger partial charge in [0.05, 0.1) is 11.6 Å². The van der Waals surface area contributed by atoms with Gasteiger partial charge in [-0.05, 0) is 55.1 Å². The number of halogens is 1. The average Bonchev–Trinajstić information content (AvgIpc) is 3.33. The molecule has 2 aromatic heterocycles. The summed E-state index contributed by atoms with van der Waals surface area (Å²) in [6.45, 7) is 6.76. The first-order valence-corrected chi connectivity index (χ1v) is 10.9. The molecule has 32 heavy (non-hydrogen) atoms. The second-order valence-electron chi connectivity index (χ2n) is 7.59. The van der Waals surface area contributed by atoms with Crippen LogP contribution in [0.2, 0.25) is 5.02 Å². The molecular weight excluding hydrogens is 430 g/mol. The number of hydrogen-bond acceptors (Lipinski definition) is 6. The lowest BCUT2D eigenvalue weighted by Crippen LogP contribution is -2.38. The number of aromatic nitrogens is 1. The number of Topliss-reactive ketones (excluding diaryl/α,β-unsaturated/α-hetero) is 1. The van der Waals surface area contributed by atoms with Crippen molar-refractivity contribution in [2.75, 3.05) is 26.2 Å². The van der Waals surface area contributed by atoms with Crippen molar-refractivity contribution in [1.29, 1.82) is 0 Å². The fourth-order valence-corrected chi connectivity index (χ4v) is 4.24. The number of amides is 1. The van der Waals surface area contributed by atoms with Crippen molar-refractivity contribution in [2.24, 2.45) is 0 Å². The molecule has 0 fully saturated rings. The van der Waals surface area contributed by atoms with Gasteiger partial charge >= 0.3 is 0 Å². The zero-order valence-corrected chi connectivity index (χ0v) is 18.7. The third-order valence-corrected chi connectivity index (χ3v) is 6.06. The maximum Gasteiger partial charge on any atom is 0.290 e. The summed E-state index contributed by atoms with van der Waals surface area (Å²) in [6, 6.07) is 9.38. The van der Waals surface area contributed by atoms with Crippen LogP contribution < -0.4 is 0 Å². The number of aliphatic hydroxyl groups is 1. The van der Waals surface area contributed by atoms with Crippen molar-refractivity contribution < 1.29 is 19.1 Å². The van der Waals surface area contributed by atoms with E-state index in [0.29, 0.717) is 34.6 Å². The van der Waals surface area contributed by atoms with Crippen molar-refractivity contribution in [1.82, 2.24) is 14.8 Å². The van der Waals surface area contributed by atoms with Gasteiger partial charge in [-0.2, -0.15) is 0 Å². The predicted octanol–water partition coefficient (Wildman–Crippen LogP) is 4.40. The maximum atomic E-state index is 13.5. The van der Waals surface area contributed by atoms with Crippen LogP contribution in [0.15, 0.2) is 64.5 Å². The third-order valence-electron chi connectivity index (χ3n) is 5.82.